The Morgan fingerprint density at radius 3 is 2.28 bits per heavy atom. The van der Waals surface area contributed by atoms with E-state index in [4.69, 9.17) is 23.2 Å². The Bertz CT molecular complexity index is 805. The maximum Gasteiger partial charge on any atom is 0.329 e. The van der Waals surface area contributed by atoms with Crippen molar-refractivity contribution >= 4 is 52.6 Å². The van der Waals surface area contributed by atoms with Gasteiger partial charge in [-0.15, -0.1) is 0 Å². The zero-order chi connectivity index (χ0) is 18.4. The summed E-state index contributed by atoms with van der Waals surface area (Å²) in [5, 5.41) is 6.80. The Balaban J connectivity index is 1.90. The normalized spacial score (nSPS) is 10.6. The van der Waals surface area contributed by atoms with Gasteiger partial charge in [-0.05, 0) is 35.9 Å². The minimum absolute atomic E-state index is 0.277. The minimum Gasteiger partial charge on any atom is -0.378 e. The number of halogens is 2. The van der Waals surface area contributed by atoms with Crippen molar-refractivity contribution in [2.75, 3.05) is 24.3 Å². The molecule has 0 bridgehead atoms. The van der Waals surface area contributed by atoms with Crippen LogP contribution in [0.5, 0.6) is 0 Å². The van der Waals surface area contributed by atoms with E-state index in [1.165, 1.54) is 24.4 Å². The Labute approximate surface area is 155 Å². The van der Waals surface area contributed by atoms with Crippen LogP contribution in [0.4, 0.5) is 11.4 Å². The first-order chi connectivity index (χ1) is 11.9. The van der Waals surface area contributed by atoms with E-state index in [-0.39, 0.29) is 5.02 Å². The molecule has 0 unspecified atom stereocenters. The van der Waals surface area contributed by atoms with Crippen molar-refractivity contribution in [1.82, 2.24) is 5.43 Å². The fourth-order valence-corrected chi connectivity index (χ4v) is 2.13. The van der Waals surface area contributed by atoms with Crippen LogP contribution in [0.1, 0.15) is 5.56 Å². The van der Waals surface area contributed by atoms with Gasteiger partial charge in [-0.3, -0.25) is 9.59 Å². The highest BCUT2D eigenvalue weighted by Gasteiger charge is 2.13. The van der Waals surface area contributed by atoms with Gasteiger partial charge in [0.25, 0.3) is 0 Å². The zero-order valence-corrected chi connectivity index (χ0v) is 15.1. The summed E-state index contributed by atoms with van der Waals surface area (Å²) in [6.45, 7) is 0. The lowest BCUT2D eigenvalue weighted by molar-refractivity contribution is -0.136. The van der Waals surface area contributed by atoms with Gasteiger partial charge in [0.1, 0.15) is 0 Å². The molecule has 0 fully saturated rings. The minimum atomic E-state index is -0.896. The molecule has 0 saturated carbocycles. The summed E-state index contributed by atoms with van der Waals surface area (Å²) in [4.78, 5) is 25.5. The third-order valence-electron chi connectivity index (χ3n) is 3.17. The van der Waals surface area contributed by atoms with E-state index in [0.29, 0.717) is 10.7 Å². The predicted octanol–water partition coefficient (Wildman–Crippen LogP) is 3.15. The average molecular weight is 379 g/mol. The molecule has 2 aromatic rings. The highest BCUT2D eigenvalue weighted by atomic mass is 35.5. The second-order valence-electron chi connectivity index (χ2n) is 5.27. The van der Waals surface area contributed by atoms with Crippen molar-refractivity contribution in [3.63, 3.8) is 0 Å². The first kappa shape index (κ1) is 18.8. The number of carbonyl (C=O) groups is 2. The van der Waals surface area contributed by atoms with Crippen molar-refractivity contribution in [1.29, 1.82) is 0 Å². The van der Waals surface area contributed by atoms with E-state index in [9.17, 15) is 9.59 Å². The third-order valence-corrected chi connectivity index (χ3v) is 3.91. The molecule has 0 saturated heterocycles. The van der Waals surface area contributed by atoms with Gasteiger partial charge in [0.2, 0.25) is 0 Å². The SMILES string of the molecule is CN(C)c1ccc(C=NNC(=O)C(=O)Nc2ccc(Cl)c(Cl)c2)cc1. The smallest absolute Gasteiger partial charge is 0.329 e. The molecular formula is C17H16Cl2N4O2. The van der Waals surface area contributed by atoms with Gasteiger partial charge in [0, 0.05) is 25.5 Å². The lowest BCUT2D eigenvalue weighted by atomic mass is 10.2. The van der Waals surface area contributed by atoms with Gasteiger partial charge in [-0.2, -0.15) is 5.10 Å². The van der Waals surface area contributed by atoms with Gasteiger partial charge in [-0.25, -0.2) is 5.43 Å². The monoisotopic (exact) mass is 378 g/mol. The molecule has 0 spiro atoms. The van der Waals surface area contributed by atoms with Crippen molar-refractivity contribution in [2.45, 2.75) is 0 Å². The molecule has 25 heavy (non-hydrogen) atoms. The summed E-state index contributed by atoms with van der Waals surface area (Å²) in [5.74, 6) is -1.76. The Kier molecular flexibility index (Phi) is 6.38. The van der Waals surface area contributed by atoms with Gasteiger partial charge in [-0.1, -0.05) is 35.3 Å². The largest absolute Gasteiger partial charge is 0.378 e. The van der Waals surface area contributed by atoms with Crippen LogP contribution in [0.3, 0.4) is 0 Å². The predicted molar refractivity (Wildman–Crippen MR) is 102 cm³/mol. The van der Waals surface area contributed by atoms with Crippen LogP contribution >= 0.6 is 23.2 Å². The molecule has 0 atom stereocenters. The molecule has 130 valence electrons. The molecule has 6 nitrogen and oxygen atoms in total. The molecule has 0 heterocycles. The van der Waals surface area contributed by atoms with Crippen LogP contribution in [0.2, 0.25) is 10.0 Å². The molecule has 0 aliphatic carbocycles. The van der Waals surface area contributed by atoms with Gasteiger partial charge in [0.15, 0.2) is 0 Å². The van der Waals surface area contributed by atoms with Crippen LogP contribution in [0, 0.1) is 0 Å². The zero-order valence-electron chi connectivity index (χ0n) is 13.6. The van der Waals surface area contributed by atoms with Crippen molar-refractivity contribution in [3.05, 3.63) is 58.1 Å². The summed E-state index contributed by atoms with van der Waals surface area (Å²) < 4.78 is 0. The van der Waals surface area contributed by atoms with Gasteiger partial charge >= 0.3 is 11.8 Å². The topological polar surface area (TPSA) is 73.8 Å². The van der Waals surface area contributed by atoms with E-state index in [0.717, 1.165) is 11.3 Å². The number of hydrogen-bond donors (Lipinski definition) is 2. The second kappa shape index (κ2) is 8.50. The maximum atomic E-state index is 11.8. The number of nitrogens with zero attached hydrogens (tertiary/aromatic N) is 2. The molecule has 2 amide bonds. The van der Waals surface area contributed by atoms with Crippen LogP contribution < -0.4 is 15.6 Å². The van der Waals surface area contributed by atoms with Crippen molar-refractivity contribution in [3.8, 4) is 0 Å². The number of hydrazone groups is 1. The van der Waals surface area contributed by atoms with E-state index < -0.39 is 11.8 Å². The van der Waals surface area contributed by atoms with Crippen molar-refractivity contribution in [2.24, 2.45) is 5.10 Å². The van der Waals surface area contributed by atoms with E-state index in [1.807, 2.05) is 43.3 Å². The van der Waals surface area contributed by atoms with Crippen LogP contribution in [-0.4, -0.2) is 32.1 Å². The van der Waals surface area contributed by atoms with Crippen molar-refractivity contribution < 1.29 is 9.59 Å². The number of amides is 2. The number of hydrogen-bond acceptors (Lipinski definition) is 4. The Hall–Kier alpha value is -2.57. The van der Waals surface area contributed by atoms with Crippen LogP contribution in [0.15, 0.2) is 47.6 Å². The average Bonchev–Trinajstić information content (AvgIpc) is 2.58. The first-order valence-corrected chi connectivity index (χ1v) is 7.99. The molecular weight excluding hydrogens is 363 g/mol. The number of anilines is 2. The number of carbonyl (C=O) groups excluding carboxylic acids is 2. The number of nitrogens with one attached hydrogen (secondary N) is 2. The molecule has 2 aromatic carbocycles. The maximum absolute atomic E-state index is 11.8. The summed E-state index contributed by atoms with van der Waals surface area (Å²) in [6, 6.07) is 12.0. The second-order valence-corrected chi connectivity index (χ2v) is 6.08. The molecule has 0 aliphatic rings. The van der Waals surface area contributed by atoms with E-state index in [1.54, 1.807) is 0 Å². The standard InChI is InChI=1S/C17H16Cl2N4O2/c1-23(2)13-6-3-11(4-7-13)10-20-22-17(25)16(24)21-12-5-8-14(18)15(19)9-12/h3-10H,1-2H3,(H,21,24)(H,22,25). The van der Waals surface area contributed by atoms with E-state index >= 15 is 0 Å². The molecule has 8 heteroatoms. The quantitative estimate of drug-likeness (QED) is 0.487. The molecule has 0 aromatic heterocycles. The lowest BCUT2D eigenvalue weighted by Crippen LogP contribution is -2.32. The summed E-state index contributed by atoms with van der Waals surface area (Å²) in [5.41, 5.74) is 4.35. The molecule has 2 N–H and O–H groups in total. The number of benzene rings is 2. The Morgan fingerprint density at radius 1 is 1.00 bits per heavy atom. The van der Waals surface area contributed by atoms with Gasteiger partial charge < -0.3 is 10.2 Å². The van der Waals surface area contributed by atoms with Gasteiger partial charge in [0.05, 0.1) is 16.3 Å². The Morgan fingerprint density at radius 2 is 1.68 bits per heavy atom. The third kappa shape index (κ3) is 5.48. The lowest BCUT2D eigenvalue weighted by Gasteiger charge is -2.11. The molecule has 2 rings (SSSR count). The summed E-state index contributed by atoms with van der Waals surface area (Å²) in [7, 11) is 3.88. The first-order valence-electron chi connectivity index (χ1n) is 7.23. The molecule has 0 aliphatic heterocycles. The van der Waals surface area contributed by atoms with E-state index in [2.05, 4.69) is 15.8 Å². The molecule has 0 radical (unpaired) electrons. The van der Waals surface area contributed by atoms with Crippen LogP contribution in [-0.2, 0) is 9.59 Å². The highest BCUT2D eigenvalue weighted by molar-refractivity contribution is 6.42. The summed E-state index contributed by atoms with van der Waals surface area (Å²) >= 11 is 11.6. The highest BCUT2D eigenvalue weighted by Crippen LogP contribution is 2.24. The fraction of sp³-hybridized carbons (Fsp3) is 0.118. The van der Waals surface area contributed by atoms with Crippen LogP contribution in [0.25, 0.3) is 0 Å². The fourth-order valence-electron chi connectivity index (χ4n) is 1.84. The summed E-state index contributed by atoms with van der Waals surface area (Å²) in [6.07, 6.45) is 1.45. The number of rotatable bonds is 4.